The van der Waals surface area contributed by atoms with Gasteiger partial charge in [-0.1, -0.05) is 20.8 Å². The molecule has 2 aliphatic heterocycles. The number of rotatable bonds is 1. The summed E-state index contributed by atoms with van der Waals surface area (Å²) in [6.07, 6.45) is 1.19. The van der Waals surface area contributed by atoms with Crippen LogP contribution in [0.1, 0.15) is 116 Å². The first-order chi connectivity index (χ1) is 21.1. The number of ether oxygens (including phenoxy) is 1. The Morgan fingerprint density at radius 3 is 1.78 bits per heavy atom. The molecular formula is C41H55N3O. The zero-order valence-electron chi connectivity index (χ0n) is 30.6. The van der Waals surface area contributed by atoms with Crippen molar-refractivity contribution in [2.24, 2.45) is 17.8 Å². The zero-order chi connectivity index (χ0) is 32.8. The lowest BCUT2D eigenvalue weighted by Crippen LogP contribution is -2.41. The number of benzene rings is 3. The van der Waals surface area contributed by atoms with Gasteiger partial charge in [0.1, 0.15) is 5.72 Å². The Balaban J connectivity index is 1.86. The number of aromatic amines is 1. The lowest BCUT2D eigenvalue weighted by Gasteiger charge is -2.40. The van der Waals surface area contributed by atoms with E-state index in [9.17, 15) is 0 Å². The fourth-order valence-corrected chi connectivity index (χ4v) is 9.73. The zero-order valence-corrected chi connectivity index (χ0v) is 30.6. The van der Waals surface area contributed by atoms with Crippen molar-refractivity contribution in [1.82, 2.24) is 14.5 Å². The molecule has 0 radical (unpaired) electrons. The highest BCUT2D eigenvalue weighted by Crippen LogP contribution is 2.56. The number of hydrogen-bond donors (Lipinski definition) is 1. The summed E-state index contributed by atoms with van der Waals surface area (Å²) in [5.74, 6) is 1.41. The van der Waals surface area contributed by atoms with Crippen LogP contribution in [0, 0.1) is 73.1 Å². The Hall–Kier alpha value is -2.82. The van der Waals surface area contributed by atoms with Gasteiger partial charge in [0.15, 0.2) is 0 Å². The lowest BCUT2D eigenvalue weighted by molar-refractivity contribution is -0.128. The van der Waals surface area contributed by atoms with Crippen LogP contribution < -0.4 is 0 Å². The van der Waals surface area contributed by atoms with E-state index in [0.717, 1.165) is 6.61 Å². The van der Waals surface area contributed by atoms with E-state index >= 15 is 0 Å². The molecule has 1 N–H and O–H groups in total. The summed E-state index contributed by atoms with van der Waals surface area (Å²) in [6.45, 7) is 33.9. The first-order valence-electron chi connectivity index (χ1n) is 17.4. The monoisotopic (exact) mass is 605 g/mol. The van der Waals surface area contributed by atoms with E-state index in [2.05, 4.69) is 118 Å². The molecule has 0 aliphatic carbocycles. The van der Waals surface area contributed by atoms with Crippen molar-refractivity contribution in [2.75, 3.05) is 13.7 Å². The minimum atomic E-state index is -0.503. The first kappa shape index (κ1) is 30.8. The lowest BCUT2D eigenvalue weighted by atomic mass is 9.82. The van der Waals surface area contributed by atoms with Gasteiger partial charge in [0, 0.05) is 39.5 Å². The molecule has 4 heterocycles. The molecule has 3 aromatic carbocycles. The highest BCUT2D eigenvalue weighted by Gasteiger charge is 2.45. The average Bonchev–Trinajstić information content (AvgIpc) is 3.62. The van der Waals surface area contributed by atoms with Crippen LogP contribution in [0.15, 0.2) is 0 Å². The Labute approximate surface area is 270 Å². The summed E-state index contributed by atoms with van der Waals surface area (Å²) in [6, 6.07) is 0.623. The van der Waals surface area contributed by atoms with Crippen molar-refractivity contribution in [3.05, 3.63) is 55.6 Å². The third-order valence-corrected chi connectivity index (χ3v) is 13.7. The third-order valence-electron chi connectivity index (χ3n) is 13.7. The molecule has 240 valence electrons. The fraction of sp³-hybridized carbons (Fsp3) is 0.561. The van der Waals surface area contributed by atoms with Crippen LogP contribution in [0.2, 0.25) is 0 Å². The normalized spacial score (nSPS) is 27.8. The highest BCUT2D eigenvalue weighted by molar-refractivity contribution is 6.27. The largest absolute Gasteiger partial charge is 0.355 e. The van der Waals surface area contributed by atoms with Gasteiger partial charge in [-0.25, -0.2) is 0 Å². The van der Waals surface area contributed by atoms with Crippen LogP contribution in [-0.4, -0.2) is 28.1 Å². The van der Waals surface area contributed by atoms with Gasteiger partial charge in [-0.2, -0.15) is 0 Å². The van der Waals surface area contributed by atoms with Crippen LogP contribution in [0.5, 0.6) is 0 Å². The summed E-state index contributed by atoms with van der Waals surface area (Å²) >= 11 is 0. The van der Waals surface area contributed by atoms with Gasteiger partial charge >= 0.3 is 0 Å². The molecule has 0 spiro atoms. The molecule has 0 amide bonds. The van der Waals surface area contributed by atoms with E-state index in [0.29, 0.717) is 29.8 Å². The molecule has 6 unspecified atom stereocenters. The molecular weight excluding hydrogens is 550 g/mol. The molecule has 1 fully saturated rings. The van der Waals surface area contributed by atoms with Crippen molar-refractivity contribution in [1.29, 1.82) is 0 Å². The second-order valence-corrected chi connectivity index (χ2v) is 15.7. The van der Waals surface area contributed by atoms with Crippen LogP contribution in [0.4, 0.5) is 0 Å². The molecule has 0 bridgehead atoms. The van der Waals surface area contributed by atoms with Gasteiger partial charge in [-0.3, -0.25) is 4.90 Å². The molecule has 45 heavy (non-hydrogen) atoms. The molecule has 4 nitrogen and oxygen atoms in total. The first-order valence-corrected chi connectivity index (χ1v) is 17.4. The van der Waals surface area contributed by atoms with E-state index in [4.69, 9.17) is 4.74 Å². The molecule has 2 aliphatic rings. The molecule has 7 rings (SSSR count). The van der Waals surface area contributed by atoms with Crippen molar-refractivity contribution in [2.45, 2.75) is 121 Å². The maximum Gasteiger partial charge on any atom is 0.145 e. The van der Waals surface area contributed by atoms with Gasteiger partial charge in [0.25, 0.3) is 0 Å². The Morgan fingerprint density at radius 1 is 0.622 bits per heavy atom. The van der Waals surface area contributed by atoms with E-state index in [1.54, 1.807) is 0 Å². The molecule has 0 saturated carbocycles. The minimum absolute atomic E-state index is 0.305. The fourth-order valence-electron chi connectivity index (χ4n) is 9.73. The van der Waals surface area contributed by atoms with E-state index in [1.165, 1.54) is 106 Å². The summed E-state index contributed by atoms with van der Waals surface area (Å²) in [5.41, 5.74) is 19.0. The van der Waals surface area contributed by atoms with Crippen molar-refractivity contribution < 1.29 is 4.74 Å². The SMILES string of the molecule is Cc1c(C)c(C)c2c([nH]c3c2c2c(c4c5c(C)c(C)c(C)c(C)c5n(C5(C)OCC(C)CC(C)C5C)c34)C(C)N(C)C2C)c1C. The van der Waals surface area contributed by atoms with Crippen molar-refractivity contribution >= 4 is 43.6 Å². The Morgan fingerprint density at radius 2 is 1.16 bits per heavy atom. The molecule has 5 aromatic rings. The number of aromatic nitrogens is 2. The number of nitrogens with zero attached hydrogens (tertiary/aromatic N) is 2. The minimum Gasteiger partial charge on any atom is -0.355 e. The number of nitrogens with one attached hydrogen (secondary N) is 1. The maximum atomic E-state index is 7.25. The summed E-state index contributed by atoms with van der Waals surface area (Å²) in [4.78, 5) is 6.75. The van der Waals surface area contributed by atoms with Crippen LogP contribution in [-0.2, 0) is 10.5 Å². The standard InChI is InChI=1S/C41H55N3O/c1-18-16-19(2)28(11)41(14,45-17-18)44-39-27(10)23(6)21(4)25(8)32(39)36-34-30(13)43(15)29(12)33(34)35-31-24(7)20(3)22(5)26(9)37(31)42-38(35)40(36)44/h18-19,28-30,42H,16-17H2,1-15H3. The maximum absolute atomic E-state index is 7.25. The molecule has 1 saturated heterocycles. The van der Waals surface area contributed by atoms with E-state index < -0.39 is 5.72 Å². The highest BCUT2D eigenvalue weighted by atomic mass is 16.5. The topological polar surface area (TPSA) is 33.2 Å². The predicted octanol–water partition coefficient (Wildman–Crippen LogP) is 11.0. The third kappa shape index (κ3) is 3.67. The number of hydrogen-bond acceptors (Lipinski definition) is 2. The average molecular weight is 606 g/mol. The van der Waals surface area contributed by atoms with Gasteiger partial charge in [-0.05, 0) is 157 Å². The van der Waals surface area contributed by atoms with Gasteiger partial charge in [-0.15, -0.1) is 0 Å². The second-order valence-electron chi connectivity index (χ2n) is 15.7. The number of aryl methyl sites for hydroxylation is 4. The Bertz CT molecular complexity index is 2090. The predicted molar refractivity (Wildman–Crippen MR) is 193 cm³/mol. The van der Waals surface area contributed by atoms with Crippen molar-refractivity contribution in [3.63, 3.8) is 0 Å². The smallest absolute Gasteiger partial charge is 0.145 e. The molecule has 4 heteroatoms. The van der Waals surface area contributed by atoms with Gasteiger partial charge in [0.2, 0.25) is 0 Å². The van der Waals surface area contributed by atoms with Crippen LogP contribution >= 0.6 is 0 Å². The summed E-state index contributed by atoms with van der Waals surface area (Å²) < 4.78 is 9.96. The molecule has 2 aromatic heterocycles. The Kier molecular flexibility index (Phi) is 6.74. The second kappa shape index (κ2) is 9.84. The van der Waals surface area contributed by atoms with Gasteiger partial charge in [0.05, 0.1) is 28.7 Å². The van der Waals surface area contributed by atoms with E-state index in [-0.39, 0.29) is 0 Å². The summed E-state index contributed by atoms with van der Waals surface area (Å²) in [5, 5.41) is 5.72. The summed E-state index contributed by atoms with van der Waals surface area (Å²) in [7, 11) is 2.32. The van der Waals surface area contributed by atoms with E-state index in [1.807, 2.05) is 0 Å². The molecule has 6 atom stereocenters. The van der Waals surface area contributed by atoms with Crippen molar-refractivity contribution in [3.8, 4) is 0 Å². The number of H-pyrrole nitrogens is 1. The quantitative estimate of drug-likeness (QED) is 0.206. The van der Waals surface area contributed by atoms with Gasteiger partial charge < -0.3 is 14.3 Å². The number of fused-ring (bicyclic) bond motifs is 10. The van der Waals surface area contributed by atoms with Crippen LogP contribution in [0.3, 0.4) is 0 Å². The van der Waals surface area contributed by atoms with Crippen LogP contribution in [0.25, 0.3) is 43.6 Å².